The van der Waals surface area contributed by atoms with Crippen molar-refractivity contribution in [1.29, 1.82) is 0 Å². The average Bonchev–Trinajstić information content (AvgIpc) is 3.46. The lowest BCUT2D eigenvalue weighted by Gasteiger charge is -2.25. The number of fused-ring (bicyclic) bond motifs is 2. The standard InChI is InChI=1S/C44H50Si/c1-25(2)33-21-23-35-41(37(33)27(5)6)39(31-17-13-11-14-18-31)29(9)43(35)45-44-30(10)40(32-19-15-12-16-20-32)42-36(44)24-22-34(26(3)4)38(42)28(7)8/h11-28H,45H2,1-10H3. The Morgan fingerprint density at radius 1 is 0.422 bits per heavy atom. The third-order valence-electron chi connectivity index (χ3n) is 10.2. The minimum atomic E-state index is -0.848. The third kappa shape index (κ3) is 5.32. The first-order chi connectivity index (χ1) is 21.5. The first-order valence-electron chi connectivity index (χ1n) is 17.1. The molecule has 2 aliphatic rings. The second-order valence-corrected chi connectivity index (χ2v) is 16.2. The van der Waals surface area contributed by atoms with Gasteiger partial charge in [-0.1, -0.05) is 151 Å². The molecule has 0 spiro atoms. The lowest BCUT2D eigenvalue weighted by atomic mass is 9.82. The molecule has 0 aromatic heterocycles. The van der Waals surface area contributed by atoms with Gasteiger partial charge in [-0.2, -0.15) is 0 Å². The zero-order valence-corrected chi connectivity index (χ0v) is 30.5. The summed E-state index contributed by atoms with van der Waals surface area (Å²) in [5.74, 6) is 1.90. The molecule has 2 aliphatic carbocycles. The highest BCUT2D eigenvalue weighted by Crippen LogP contribution is 2.53. The van der Waals surface area contributed by atoms with Crippen LogP contribution in [0.2, 0.25) is 0 Å². The number of hydrogen-bond donors (Lipinski definition) is 0. The summed E-state index contributed by atoms with van der Waals surface area (Å²) in [6.45, 7) is 23.8. The van der Waals surface area contributed by atoms with Gasteiger partial charge in [0.1, 0.15) is 0 Å². The molecule has 2 radical (unpaired) electrons. The number of rotatable bonds is 8. The fraction of sp³-hybridized carbons (Fsp3) is 0.318. The summed E-state index contributed by atoms with van der Waals surface area (Å²) in [7, 11) is -0.848. The molecule has 0 fully saturated rings. The molecular weight excluding hydrogens is 557 g/mol. The number of benzene rings is 4. The molecule has 0 nitrogen and oxygen atoms in total. The van der Waals surface area contributed by atoms with E-state index in [0.29, 0.717) is 23.7 Å². The van der Waals surface area contributed by atoms with Crippen molar-refractivity contribution in [2.45, 2.75) is 92.9 Å². The lowest BCUT2D eigenvalue weighted by Crippen LogP contribution is -2.19. The predicted molar refractivity (Wildman–Crippen MR) is 199 cm³/mol. The molecule has 230 valence electrons. The Bertz CT molecular complexity index is 1650. The Labute approximate surface area is 275 Å². The van der Waals surface area contributed by atoms with Crippen LogP contribution in [0.25, 0.3) is 11.1 Å². The maximum atomic E-state index is 2.48. The molecule has 4 aromatic carbocycles. The summed E-state index contributed by atoms with van der Waals surface area (Å²) < 4.78 is 0. The largest absolute Gasteiger partial charge is 0.0622 e. The van der Waals surface area contributed by atoms with E-state index in [1.807, 2.05) is 0 Å². The second kappa shape index (κ2) is 12.4. The summed E-state index contributed by atoms with van der Waals surface area (Å²) >= 11 is 0. The van der Waals surface area contributed by atoms with Gasteiger partial charge in [0.15, 0.2) is 0 Å². The van der Waals surface area contributed by atoms with Gasteiger partial charge in [0, 0.05) is 11.1 Å². The third-order valence-corrected chi connectivity index (χ3v) is 12.8. The monoisotopic (exact) mass is 606 g/mol. The molecule has 0 saturated heterocycles. The van der Waals surface area contributed by atoms with Crippen LogP contribution in [0.1, 0.15) is 149 Å². The first-order valence-corrected chi connectivity index (χ1v) is 18.5. The Balaban J connectivity index is 1.59. The van der Waals surface area contributed by atoms with Crippen LogP contribution >= 0.6 is 0 Å². The van der Waals surface area contributed by atoms with Crippen molar-refractivity contribution in [2.75, 3.05) is 0 Å². The average molecular weight is 607 g/mol. The Morgan fingerprint density at radius 2 is 0.778 bits per heavy atom. The fourth-order valence-corrected chi connectivity index (χ4v) is 10.4. The molecule has 0 bridgehead atoms. The van der Waals surface area contributed by atoms with Crippen molar-refractivity contribution in [3.63, 3.8) is 0 Å². The normalized spacial score (nSPS) is 15.4. The molecule has 0 amide bonds. The van der Waals surface area contributed by atoms with Crippen LogP contribution < -0.4 is 0 Å². The van der Waals surface area contributed by atoms with E-state index in [0.717, 1.165) is 0 Å². The topological polar surface area (TPSA) is 0 Å². The minimum Gasteiger partial charge on any atom is -0.0622 e. The van der Waals surface area contributed by atoms with Crippen molar-refractivity contribution in [3.8, 4) is 0 Å². The summed E-state index contributed by atoms with van der Waals surface area (Å²) in [6, 6.07) is 32.2. The van der Waals surface area contributed by atoms with E-state index >= 15 is 0 Å². The molecule has 0 N–H and O–H groups in total. The van der Waals surface area contributed by atoms with Crippen molar-refractivity contribution >= 4 is 20.7 Å². The molecule has 0 aliphatic heterocycles. The maximum absolute atomic E-state index is 2.48. The summed E-state index contributed by atoms with van der Waals surface area (Å²) in [4.78, 5) is 0. The van der Waals surface area contributed by atoms with Gasteiger partial charge in [-0.15, -0.1) is 0 Å². The van der Waals surface area contributed by atoms with Crippen molar-refractivity contribution < 1.29 is 0 Å². The van der Waals surface area contributed by atoms with Crippen molar-refractivity contribution in [3.05, 3.63) is 163 Å². The SMILES string of the molecule is CC1=C(c2ccccc2)c2c(ccc(C(C)C)c2C(C)C)[C]1[SiH2][C]1C(C)=C(c2ccccc2)c2c1ccc(C(C)C)c2C(C)C. The van der Waals surface area contributed by atoms with Crippen LogP contribution in [0.15, 0.2) is 96.1 Å². The highest BCUT2D eigenvalue weighted by atomic mass is 28.2. The van der Waals surface area contributed by atoms with E-state index in [9.17, 15) is 0 Å². The van der Waals surface area contributed by atoms with Gasteiger partial charge in [-0.05, 0) is 104 Å². The minimum absolute atomic E-state index is 0.458. The van der Waals surface area contributed by atoms with Crippen LogP contribution in [0.3, 0.4) is 0 Å². The van der Waals surface area contributed by atoms with E-state index in [4.69, 9.17) is 0 Å². The lowest BCUT2D eigenvalue weighted by molar-refractivity contribution is 0.786. The van der Waals surface area contributed by atoms with Crippen molar-refractivity contribution in [1.82, 2.24) is 0 Å². The van der Waals surface area contributed by atoms with Gasteiger partial charge in [0.2, 0.25) is 0 Å². The molecular formula is C44H50Si. The molecule has 0 atom stereocenters. The van der Waals surface area contributed by atoms with Gasteiger partial charge in [0.25, 0.3) is 0 Å². The summed E-state index contributed by atoms with van der Waals surface area (Å²) in [5.41, 5.74) is 23.9. The van der Waals surface area contributed by atoms with Gasteiger partial charge in [-0.25, -0.2) is 0 Å². The van der Waals surface area contributed by atoms with Crippen molar-refractivity contribution in [2.24, 2.45) is 0 Å². The highest BCUT2D eigenvalue weighted by Gasteiger charge is 2.40. The molecule has 4 aromatic rings. The van der Waals surface area contributed by atoms with Gasteiger partial charge in [0.05, 0.1) is 9.52 Å². The smallest absolute Gasteiger partial charge is 0.0575 e. The summed E-state index contributed by atoms with van der Waals surface area (Å²) in [6.07, 6.45) is 0. The Hall–Kier alpha value is -3.42. The second-order valence-electron chi connectivity index (χ2n) is 14.5. The van der Waals surface area contributed by atoms with Crippen LogP contribution in [0.4, 0.5) is 0 Å². The molecule has 6 rings (SSSR count). The fourth-order valence-electron chi connectivity index (χ4n) is 8.21. The maximum Gasteiger partial charge on any atom is 0.0575 e. The van der Waals surface area contributed by atoms with Crippen LogP contribution in [0, 0.1) is 11.1 Å². The molecule has 45 heavy (non-hydrogen) atoms. The van der Waals surface area contributed by atoms with E-state index < -0.39 is 9.52 Å². The quantitative estimate of drug-likeness (QED) is 0.175. The van der Waals surface area contributed by atoms with Crippen LogP contribution in [0.5, 0.6) is 0 Å². The van der Waals surface area contributed by atoms with Gasteiger partial charge >= 0.3 is 0 Å². The summed E-state index contributed by atoms with van der Waals surface area (Å²) in [5, 5.41) is 0. The molecule has 0 saturated carbocycles. The molecule has 0 heterocycles. The van der Waals surface area contributed by atoms with E-state index in [1.165, 1.54) is 66.8 Å². The van der Waals surface area contributed by atoms with E-state index in [1.54, 1.807) is 22.2 Å². The Morgan fingerprint density at radius 3 is 1.09 bits per heavy atom. The number of allylic oxidation sites excluding steroid dienone is 2. The number of hydrogen-bond acceptors (Lipinski definition) is 0. The predicted octanol–water partition coefficient (Wildman–Crippen LogP) is 11.5. The molecule has 0 unspecified atom stereocenters. The van der Waals surface area contributed by atoms with E-state index in [-0.39, 0.29) is 0 Å². The zero-order chi connectivity index (χ0) is 32.2. The Kier molecular flexibility index (Phi) is 8.70. The van der Waals surface area contributed by atoms with E-state index in [2.05, 4.69) is 154 Å². The van der Waals surface area contributed by atoms with Crippen LogP contribution in [-0.2, 0) is 0 Å². The van der Waals surface area contributed by atoms with Gasteiger partial charge < -0.3 is 0 Å². The van der Waals surface area contributed by atoms with Crippen LogP contribution in [-0.4, -0.2) is 9.52 Å². The van der Waals surface area contributed by atoms with Gasteiger partial charge in [-0.3, -0.25) is 0 Å². The zero-order valence-electron chi connectivity index (χ0n) is 29.1. The highest BCUT2D eigenvalue weighted by molar-refractivity contribution is 6.57. The first kappa shape index (κ1) is 31.6. The molecule has 1 heteroatoms.